The Morgan fingerprint density at radius 2 is 1.64 bits per heavy atom. The van der Waals surface area contributed by atoms with E-state index in [1.54, 1.807) is 6.92 Å². The van der Waals surface area contributed by atoms with Gasteiger partial charge < -0.3 is 10.5 Å². The molecule has 0 aromatic carbocycles. The van der Waals surface area contributed by atoms with Crippen LogP contribution in [0.2, 0.25) is 0 Å². The first kappa shape index (κ1) is 13.4. The van der Waals surface area contributed by atoms with E-state index < -0.39 is 6.04 Å². The van der Waals surface area contributed by atoms with Crippen LogP contribution in [0.25, 0.3) is 0 Å². The molecule has 0 saturated heterocycles. The van der Waals surface area contributed by atoms with Gasteiger partial charge in [0.25, 0.3) is 0 Å². The van der Waals surface area contributed by atoms with Gasteiger partial charge in [-0.2, -0.15) is 0 Å². The highest BCUT2D eigenvalue weighted by molar-refractivity contribution is 5.75. The van der Waals surface area contributed by atoms with Crippen LogP contribution in [0.5, 0.6) is 0 Å². The average molecular weight is 201 g/mol. The van der Waals surface area contributed by atoms with E-state index in [2.05, 4.69) is 27.7 Å². The highest BCUT2D eigenvalue weighted by Crippen LogP contribution is 2.23. The summed E-state index contributed by atoms with van der Waals surface area (Å²) in [5.74, 6) is 0.706. The molecule has 1 atom stereocenters. The van der Waals surface area contributed by atoms with E-state index >= 15 is 0 Å². The van der Waals surface area contributed by atoms with Crippen LogP contribution in [0.15, 0.2) is 0 Å². The van der Waals surface area contributed by atoms with E-state index in [0.717, 1.165) is 0 Å². The van der Waals surface area contributed by atoms with Crippen molar-refractivity contribution in [2.75, 3.05) is 6.61 Å². The zero-order valence-corrected chi connectivity index (χ0v) is 9.91. The molecule has 0 heterocycles. The smallest absolute Gasteiger partial charge is 0.323 e. The van der Waals surface area contributed by atoms with Gasteiger partial charge in [0, 0.05) is 0 Å². The van der Waals surface area contributed by atoms with Gasteiger partial charge in [0.15, 0.2) is 0 Å². The number of hydrogen-bond donors (Lipinski definition) is 1. The van der Waals surface area contributed by atoms with Crippen LogP contribution in [-0.4, -0.2) is 18.6 Å². The Hall–Kier alpha value is -0.570. The minimum Gasteiger partial charge on any atom is -0.465 e. The van der Waals surface area contributed by atoms with E-state index in [1.807, 2.05) is 0 Å². The average Bonchev–Trinajstić information content (AvgIpc) is 2.03. The normalized spacial score (nSPS) is 13.8. The summed E-state index contributed by atoms with van der Waals surface area (Å²) in [6.45, 7) is 10.5. The van der Waals surface area contributed by atoms with Crippen LogP contribution in [-0.2, 0) is 9.53 Å². The molecule has 0 fully saturated rings. The molecule has 0 saturated carbocycles. The monoisotopic (exact) mass is 201 g/mol. The molecule has 0 bridgehead atoms. The number of esters is 1. The number of rotatable bonds is 5. The van der Waals surface area contributed by atoms with Gasteiger partial charge in [0.2, 0.25) is 0 Å². The van der Waals surface area contributed by atoms with Crippen molar-refractivity contribution >= 4 is 5.97 Å². The van der Waals surface area contributed by atoms with Crippen LogP contribution in [0.4, 0.5) is 0 Å². The molecular formula is C11H23NO2. The minimum atomic E-state index is -0.491. The van der Waals surface area contributed by atoms with Gasteiger partial charge in [-0.05, 0) is 24.7 Å². The van der Waals surface area contributed by atoms with Gasteiger partial charge in [-0.15, -0.1) is 0 Å². The zero-order valence-electron chi connectivity index (χ0n) is 9.91. The molecule has 14 heavy (non-hydrogen) atoms. The summed E-state index contributed by atoms with van der Waals surface area (Å²) in [5, 5.41) is 0. The van der Waals surface area contributed by atoms with Crippen LogP contribution in [0, 0.1) is 17.8 Å². The predicted octanol–water partition coefficient (Wildman–Crippen LogP) is 1.80. The maximum absolute atomic E-state index is 11.4. The highest BCUT2D eigenvalue weighted by Gasteiger charge is 2.30. The maximum atomic E-state index is 11.4. The minimum absolute atomic E-state index is 0.189. The molecule has 0 aliphatic heterocycles. The Morgan fingerprint density at radius 3 is 1.93 bits per heavy atom. The third kappa shape index (κ3) is 3.66. The van der Waals surface area contributed by atoms with E-state index in [4.69, 9.17) is 10.5 Å². The summed E-state index contributed by atoms with van der Waals surface area (Å²) < 4.78 is 4.92. The van der Waals surface area contributed by atoms with Crippen molar-refractivity contribution in [3.05, 3.63) is 0 Å². The molecule has 0 aromatic rings. The molecule has 0 spiro atoms. The number of carbonyl (C=O) groups excluding carboxylic acids is 1. The molecule has 3 nitrogen and oxygen atoms in total. The third-order valence-corrected chi connectivity index (χ3v) is 2.51. The lowest BCUT2D eigenvalue weighted by atomic mass is 9.80. The van der Waals surface area contributed by atoms with Gasteiger partial charge >= 0.3 is 5.97 Å². The molecule has 0 aromatic heterocycles. The Kier molecular flexibility index (Phi) is 5.77. The summed E-state index contributed by atoms with van der Waals surface area (Å²) in [4.78, 5) is 11.4. The van der Waals surface area contributed by atoms with E-state index in [0.29, 0.717) is 18.4 Å². The van der Waals surface area contributed by atoms with Crippen LogP contribution >= 0.6 is 0 Å². The van der Waals surface area contributed by atoms with Gasteiger partial charge in [-0.3, -0.25) is 4.79 Å². The van der Waals surface area contributed by atoms with Crippen molar-refractivity contribution in [1.82, 2.24) is 0 Å². The van der Waals surface area contributed by atoms with Gasteiger partial charge in [0.1, 0.15) is 6.04 Å². The fourth-order valence-corrected chi connectivity index (χ4v) is 1.99. The lowest BCUT2D eigenvalue weighted by Crippen LogP contribution is -2.44. The number of carbonyl (C=O) groups is 1. The van der Waals surface area contributed by atoms with Crippen LogP contribution < -0.4 is 5.73 Å². The fourth-order valence-electron chi connectivity index (χ4n) is 1.99. The maximum Gasteiger partial charge on any atom is 0.323 e. The molecule has 0 amide bonds. The quantitative estimate of drug-likeness (QED) is 0.690. The molecule has 0 radical (unpaired) electrons. The number of nitrogens with two attached hydrogens (primary N) is 1. The zero-order chi connectivity index (χ0) is 11.3. The Morgan fingerprint density at radius 1 is 1.21 bits per heavy atom. The second kappa shape index (κ2) is 6.02. The van der Waals surface area contributed by atoms with Crippen molar-refractivity contribution in [2.24, 2.45) is 23.5 Å². The summed E-state index contributed by atoms with van der Waals surface area (Å²) in [6.07, 6.45) is 0. The van der Waals surface area contributed by atoms with Crippen LogP contribution in [0.3, 0.4) is 0 Å². The molecule has 0 unspecified atom stereocenters. The lowest BCUT2D eigenvalue weighted by Gasteiger charge is -2.29. The first-order chi connectivity index (χ1) is 6.41. The Labute approximate surface area is 87.0 Å². The van der Waals surface area contributed by atoms with E-state index in [9.17, 15) is 4.79 Å². The van der Waals surface area contributed by atoms with Crippen molar-refractivity contribution in [3.63, 3.8) is 0 Å². The summed E-state index contributed by atoms with van der Waals surface area (Å²) in [6, 6.07) is -0.491. The molecule has 2 N–H and O–H groups in total. The van der Waals surface area contributed by atoms with Crippen molar-refractivity contribution in [3.8, 4) is 0 Å². The van der Waals surface area contributed by atoms with Crippen molar-refractivity contribution < 1.29 is 9.53 Å². The van der Waals surface area contributed by atoms with Gasteiger partial charge in [-0.1, -0.05) is 27.7 Å². The molecular weight excluding hydrogens is 178 g/mol. The first-order valence-electron chi connectivity index (χ1n) is 5.34. The first-order valence-corrected chi connectivity index (χ1v) is 5.34. The topological polar surface area (TPSA) is 52.3 Å². The SMILES string of the molecule is CCOC(=O)[C@@H](N)C(C(C)C)C(C)C. The Balaban J connectivity index is 4.43. The fraction of sp³-hybridized carbons (Fsp3) is 0.909. The van der Waals surface area contributed by atoms with Crippen molar-refractivity contribution in [2.45, 2.75) is 40.7 Å². The molecule has 0 aliphatic carbocycles. The van der Waals surface area contributed by atoms with Crippen LogP contribution in [0.1, 0.15) is 34.6 Å². The molecule has 84 valence electrons. The largest absolute Gasteiger partial charge is 0.465 e. The Bertz CT molecular complexity index is 170. The van der Waals surface area contributed by atoms with Crippen molar-refractivity contribution in [1.29, 1.82) is 0 Å². The molecule has 0 aliphatic rings. The summed E-state index contributed by atoms with van der Waals surface area (Å²) >= 11 is 0. The highest BCUT2D eigenvalue weighted by atomic mass is 16.5. The second-order valence-electron chi connectivity index (χ2n) is 4.34. The standard InChI is InChI=1S/C11H23NO2/c1-6-14-11(13)10(12)9(7(2)3)8(4)5/h7-10H,6,12H2,1-5H3/t10-/m0/s1. The molecule has 3 heteroatoms. The van der Waals surface area contributed by atoms with E-state index in [-0.39, 0.29) is 11.9 Å². The number of ether oxygens (including phenoxy) is 1. The summed E-state index contributed by atoms with van der Waals surface area (Å²) in [7, 11) is 0. The van der Waals surface area contributed by atoms with E-state index in [1.165, 1.54) is 0 Å². The van der Waals surface area contributed by atoms with Gasteiger partial charge in [-0.25, -0.2) is 0 Å². The molecule has 0 rings (SSSR count). The second-order valence-corrected chi connectivity index (χ2v) is 4.34. The summed E-state index contributed by atoms with van der Waals surface area (Å²) in [5.41, 5.74) is 5.87. The van der Waals surface area contributed by atoms with Gasteiger partial charge in [0.05, 0.1) is 6.61 Å². The third-order valence-electron chi connectivity index (χ3n) is 2.51. The number of hydrogen-bond acceptors (Lipinski definition) is 3. The predicted molar refractivity (Wildman–Crippen MR) is 57.8 cm³/mol. The lowest BCUT2D eigenvalue weighted by molar-refractivity contribution is -0.147.